The highest BCUT2D eigenvalue weighted by Gasteiger charge is 2.17. The first-order valence-electron chi connectivity index (χ1n) is 9.31. The summed E-state index contributed by atoms with van der Waals surface area (Å²) in [6.45, 7) is 1.87. The van der Waals surface area contributed by atoms with Crippen molar-refractivity contribution in [2.45, 2.75) is 13.0 Å². The Balaban J connectivity index is 1.85. The summed E-state index contributed by atoms with van der Waals surface area (Å²) in [6.07, 6.45) is 1.53. The van der Waals surface area contributed by atoms with Gasteiger partial charge < -0.3 is 10.4 Å². The number of hydrogen-bond acceptors (Lipinski definition) is 4. The number of anilines is 1. The number of rotatable bonds is 5. The van der Waals surface area contributed by atoms with Crippen LogP contribution in [-0.4, -0.2) is 20.5 Å². The maximum absolute atomic E-state index is 12.8. The molecular formula is C23H18ClN3O3. The van der Waals surface area contributed by atoms with E-state index in [2.05, 4.69) is 5.32 Å². The molecule has 0 spiro atoms. The molecule has 6 nitrogen and oxygen atoms in total. The second-order valence-corrected chi connectivity index (χ2v) is 7.31. The number of halogens is 1. The predicted octanol–water partition coefficient (Wildman–Crippen LogP) is 4.89. The molecule has 2 N–H and O–H groups in total. The number of fused-ring (bicyclic) bond motifs is 1. The van der Waals surface area contributed by atoms with Crippen LogP contribution < -0.4 is 10.9 Å². The molecule has 0 unspecified atom stereocenters. The van der Waals surface area contributed by atoms with E-state index >= 15 is 0 Å². The van der Waals surface area contributed by atoms with E-state index in [9.17, 15) is 14.7 Å². The number of carboxylic acids is 1. The van der Waals surface area contributed by atoms with E-state index in [-0.39, 0.29) is 17.2 Å². The number of aromatic nitrogens is 2. The van der Waals surface area contributed by atoms with Gasteiger partial charge in [-0.3, -0.25) is 9.20 Å². The van der Waals surface area contributed by atoms with Gasteiger partial charge in [0.15, 0.2) is 0 Å². The summed E-state index contributed by atoms with van der Waals surface area (Å²) >= 11 is 6.27. The summed E-state index contributed by atoms with van der Waals surface area (Å²) in [6, 6.07) is 18.9. The average molecular weight is 420 g/mol. The lowest BCUT2D eigenvalue weighted by Gasteiger charge is -2.19. The van der Waals surface area contributed by atoms with E-state index in [0.717, 1.165) is 5.56 Å². The Hall–Kier alpha value is -3.64. The number of pyridine rings is 1. The molecule has 0 aliphatic carbocycles. The molecule has 1 atom stereocenters. The average Bonchev–Trinajstić information content (AvgIpc) is 2.74. The monoisotopic (exact) mass is 419 g/mol. The first-order chi connectivity index (χ1) is 14.4. The molecule has 0 bridgehead atoms. The Bertz CT molecular complexity index is 1300. The minimum absolute atomic E-state index is 0.158. The van der Waals surface area contributed by atoms with Crippen molar-refractivity contribution in [3.63, 3.8) is 0 Å². The number of carbonyl (C=O) groups is 1. The summed E-state index contributed by atoms with van der Waals surface area (Å²) in [5.74, 6) is -1.03. The van der Waals surface area contributed by atoms with Crippen LogP contribution in [0.5, 0.6) is 0 Å². The van der Waals surface area contributed by atoms with E-state index in [0.29, 0.717) is 27.6 Å². The Morgan fingerprint density at radius 1 is 1.10 bits per heavy atom. The van der Waals surface area contributed by atoms with Crippen LogP contribution in [0.2, 0.25) is 5.02 Å². The third-order valence-corrected chi connectivity index (χ3v) is 5.03. The molecule has 0 radical (unpaired) electrons. The smallest absolute Gasteiger partial charge is 0.337 e. The number of carboxylic acid groups (broad SMARTS) is 1. The minimum atomic E-state index is -1.03. The molecule has 4 aromatic rings. The molecule has 0 saturated heterocycles. The van der Waals surface area contributed by atoms with Gasteiger partial charge in [0.1, 0.15) is 5.65 Å². The van der Waals surface area contributed by atoms with Crippen molar-refractivity contribution < 1.29 is 9.90 Å². The first-order valence-corrected chi connectivity index (χ1v) is 9.69. The predicted molar refractivity (Wildman–Crippen MR) is 117 cm³/mol. The maximum Gasteiger partial charge on any atom is 0.337 e. The van der Waals surface area contributed by atoms with Crippen LogP contribution in [0.3, 0.4) is 0 Å². The van der Waals surface area contributed by atoms with E-state index in [1.807, 2.05) is 37.3 Å². The fourth-order valence-electron chi connectivity index (χ4n) is 3.38. The fourth-order valence-corrected chi connectivity index (χ4v) is 3.59. The molecule has 4 rings (SSSR count). The molecule has 150 valence electrons. The van der Waals surface area contributed by atoms with Gasteiger partial charge in [-0.2, -0.15) is 0 Å². The van der Waals surface area contributed by atoms with E-state index < -0.39 is 5.97 Å². The summed E-state index contributed by atoms with van der Waals surface area (Å²) in [4.78, 5) is 29.0. The molecule has 0 saturated carbocycles. The zero-order valence-electron chi connectivity index (χ0n) is 16.0. The van der Waals surface area contributed by atoms with Gasteiger partial charge in [-0.25, -0.2) is 9.78 Å². The number of benzene rings is 2. The van der Waals surface area contributed by atoms with E-state index in [4.69, 9.17) is 16.6 Å². The molecule has 2 aromatic heterocycles. The summed E-state index contributed by atoms with van der Waals surface area (Å²) in [5, 5.41) is 13.0. The van der Waals surface area contributed by atoms with Gasteiger partial charge in [0.05, 0.1) is 22.3 Å². The Morgan fingerprint density at radius 3 is 2.53 bits per heavy atom. The van der Waals surface area contributed by atoms with Crippen molar-refractivity contribution in [3.05, 3.63) is 99.4 Å². The highest BCUT2D eigenvalue weighted by molar-refractivity contribution is 6.30. The van der Waals surface area contributed by atoms with Crippen LogP contribution in [0.1, 0.15) is 28.9 Å². The van der Waals surface area contributed by atoms with E-state index in [1.54, 1.807) is 24.3 Å². The van der Waals surface area contributed by atoms with Crippen molar-refractivity contribution in [3.8, 4) is 11.3 Å². The minimum Gasteiger partial charge on any atom is -0.478 e. The van der Waals surface area contributed by atoms with Crippen molar-refractivity contribution in [2.75, 3.05) is 5.32 Å². The van der Waals surface area contributed by atoms with Crippen LogP contribution in [0.4, 0.5) is 5.69 Å². The summed E-state index contributed by atoms with van der Waals surface area (Å²) in [5.41, 5.74) is 2.90. The largest absolute Gasteiger partial charge is 0.478 e. The molecule has 0 fully saturated rings. The van der Waals surface area contributed by atoms with Gasteiger partial charge in [-0.05, 0) is 25.1 Å². The van der Waals surface area contributed by atoms with Crippen LogP contribution in [-0.2, 0) is 0 Å². The Labute approximate surface area is 177 Å². The highest BCUT2D eigenvalue weighted by Crippen LogP contribution is 2.27. The van der Waals surface area contributed by atoms with Crippen LogP contribution in [0, 0.1) is 0 Å². The lowest BCUT2D eigenvalue weighted by atomic mass is 10.1. The molecule has 2 aromatic carbocycles. The number of para-hydroxylation sites is 1. The van der Waals surface area contributed by atoms with Crippen LogP contribution in [0.25, 0.3) is 16.9 Å². The Kier molecular flexibility index (Phi) is 5.25. The molecule has 0 aliphatic heterocycles. The highest BCUT2D eigenvalue weighted by atomic mass is 35.5. The lowest BCUT2D eigenvalue weighted by Crippen LogP contribution is -2.18. The molecular weight excluding hydrogens is 402 g/mol. The van der Waals surface area contributed by atoms with Gasteiger partial charge in [0.25, 0.3) is 5.56 Å². The number of hydrogen-bond donors (Lipinski definition) is 2. The number of nitrogens with one attached hydrogen (secondary N) is 1. The fraction of sp³-hybridized carbons (Fsp3) is 0.0870. The van der Waals surface area contributed by atoms with Gasteiger partial charge in [0, 0.05) is 29.1 Å². The number of aromatic carboxylic acids is 1. The normalized spacial score (nSPS) is 11.9. The van der Waals surface area contributed by atoms with Gasteiger partial charge in [-0.15, -0.1) is 0 Å². The molecule has 0 amide bonds. The van der Waals surface area contributed by atoms with Gasteiger partial charge >= 0.3 is 5.97 Å². The standard InChI is InChI=1S/C23H18ClN3O3/c1-14(25-19-10-6-5-9-17(19)23(29)30)18-11-16(24)13-27-21(28)12-20(26-22(18)27)15-7-3-2-4-8-15/h2-14,25H,1H3,(H,29,30)/t14-/m1/s1. The van der Waals surface area contributed by atoms with Gasteiger partial charge in [0.2, 0.25) is 0 Å². The van der Waals surface area contributed by atoms with Crippen LogP contribution in [0.15, 0.2) is 77.7 Å². The second-order valence-electron chi connectivity index (χ2n) is 6.87. The SMILES string of the molecule is C[C@@H](Nc1ccccc1C(=O)O)c1cc(Cl)cn2c(=O)cc(-c3ccccc3)nc12. The topological polar surface area (TPSA) is 83.7 Å². The van der Waals surface area contributed by atoms with Crippen molar-refractivity contribution >= 4 is 28.9 Å². The van der Waals surface area contributed by atoms with Crippen molar-refractivity contribution in [2.24, 2.45) is 0 Å². The maximum atomic E-state index is 12.8. The molecule has 30 heavy (non-hydrogen) atoms. The van der Waals surface area contributed by atoms with Crippen molar-refractivity contribution in [1.29, 1.82) is 0 Å². The zero-order valence-corrected chi connectivity index (χ0v) is 16.8. The third kappa shape index (κ3) is 3.77. The quantitative estimate of drug-likeness (QED) is 0.481. The molecule has 2 heterocycles. The summed E-state index contributed by atoms with van der Waals surface area (Å²) in [7, 11) is 0. The molecule has 7 heteroatoms. The molecule has 0 aliphatic rings. The zero-order chi connectivity index (χ0) is 21.3. The lowest BCUT2D eigenvalue weighted by molar-refractivity contribution is 0.0698. The van der Waals surface area contributed by atoms with Crippen LogP contribution >= 0.6 is 11.6 Å². The number of nitrogens with zero attached hydrogens (tertiary/aromatic N) is 2. The van der Waals surface area contributed by atoms with Crippen molar-refractivity contribution in [1.82, 2.24) is 9.38 Å². The third-order valence-electron chi connectivity index (χ3n) is 4.82. The Morgan fingerprint density at radius 2 is 1.80 bits per heavy atom. The summed E-state index contributed by atoms with van der Waals surface area (Å²) < 4.78 is 1.41. The first kappa shape index (κ1) is 19.7. The van der Waals surface area contributed by atoms with E-state index in [1.165, 1.54) is 22.7 Å². The van der Waals surface area contributed by atoms with Gasteiger partial charge in [-0.1, -0.05) is 54.1 Å². The second kappa shape index (κ2) is 8.00.